The van der Waals surface area contributed by atoms with Gasteiger partial charge in [0, 0.05) is 30.9 Å². The number of rotatable bonds is 2. The fourth-order valence-electron chi connectivity index (χ4n) is 3.18. The smallest absolute Gasteiger partial charge is 0.264 e. The second-order valence-corrected chi connectivity index (χ2v) is 8.13. The van der Waals surface area contributed by atoms with Gasteiger partial charge in [0.1, 0.15) is 11.9 Å². The Labute approximate surface area is 139 Å². The zero-order valence-corrected chi connectivity index (χ0v) is 14.1. The first-order valence-corrected chi connectivity index (χ1v) is 9.23. The van der Waals surface area contributed by atoms with Gasteiger partial charge in [-0.25, -0.2) is 8.42 Å². The molecule has 3 heterocycles. The van der Waals surface area contributed by atoms with Crippen molar-refractivity contribution in [1.29, 1.82) is 0 Å². The normalized spacial score (nSPS) is 19.4. The lowest BCUT2D eigenvalue weighted by Gasteiger charge is -2.20. The number of pyridine rings is 1. The molecule has 0 amide bonds. The predicted octanol–water partition coefficient (Wildman–Crippen LogP) is 2.81. The number of sulfonamides is 1. The highest BCUT2D eigenvalue weighted by atomic mass is 35.5. The van der Waals surface area contributed by atoms with E-state index >= 15 is 0 Å². The Balaban J connectivity index is 1.79. The SMILES string of the molecule is CC1Cc2cc(S(=O)(=O)N3CCc4cnccc43)cc(Cl)c2O1. The summed E-state index contributed by atoms with van der Waals surface area (Å²) < 4.78 is 33.1. The molecule has 2 aromatic rings. The molecule has 0 spiro atoms. The molecule has 0 radical (unpaired) electrons. The Kier molecular flexibility index (Phi) is 3.28. The van der Waals surface area contributed by atoms with Crippen LogP contribution in [0.25, 0.3) is 0 Å². The molecule has 7 heteroatoms. The molecule has 1 aromatic heterocycles. The quantitative estimate of drug-likeness (QED) is 0.835. The lowest BCUT2D eigenvalue weighted by atomic mass is 10.1. The van der Waals surface area contributed by atoms with Crippen molar-refractivity contribution in [2.24, 2.45) is 0 Å². The standard InChI is InChI=1S/C16H15ClN2O3S/c1-10-6-12-7-13(8-14(17)16(12)22-10)23(20,21)19-5-3-11-9-18-4-2-15(11)19/h2,4,7-10H,3,5-6H2,1H3. The molecule has 0 bridgehead atoms. The summed E-state index contributed by atoms with van der Waals surface area (Å²) in [5, 5.41) is 0.347. The highest BCUT2D eigenvalue weighted by Crippen LogP contribution is 2.40. The molecule has 0 saturated carbocycles. The Hall–Kier alpha value is -1.79. The van der Waals surface area contributed by atoms with Crippen molar-refractivity contribution in [1.82, 2.24) is 4.98 Å². The molecule has 2 aliphatic rings. The molecule has 1 atom stereocenters. The fourth-order valence-corrected chi connectivity index (χ4v) is 5.11. The van der Waals surface area contributed by atoms with E-state index < -0.39 is 10.0 Å². The van der Waals surface area contributed by atoms with Gasteiger partial charge in [0.05, 0.1) is 15.6 Å². The summed E-state index contributed by atoms with van der Waals surface area (Å²) in [6.45, 7) is 2.36. The Bertz CT molecular complexity index is 898. The number of aromatic nitrogens is 1. The number of benzene rings is 1. The maximum atomic E-state index is 13.0. The Morgan fingerprint density at radius 3 is 3.00 bits per heavy atom. The Morgan fingerprint density at radius 2 is 2.17 bits per heavy atom. The molecule has 0 N–H and O–H groups in total. The van der Waals surface area contributed by atoms with Crippen LogP contribution < -0.4 is 9.04 Å². The third kappa shape index (κ3) is 2.28. The fraction of sp³-hybridized carbons (Fsp3) is 0.312. The Morgan fingerprint density at radius 1 is 1.35 bits per heavy atom. The first-order valence-electron chi connectivity index (χ1n) is 7.41. The van der Waals surface area contributed by atoms with Gasteiger partial charge >= 0.3 is 0 Å². The van der Waals surface area contributed by atoms with Gasteiger partial charge in [0.2, 0.25) is 0 Å². The van der Waals surface area contributed by atoms with Crippen molar-refractivity contribution >= 4 is 27.3 Å². The summed E-state index contributed by atoms with van der Waals surface area (Å²) in [4.78, 5) is 4.27. The van der Waals surface area contributed by atoms with Crippen LogP contribution in [-0.2, 0) is 22.9 Å². The van der Waals surface area contributed by atoms with Crippen molar-refractivity contribution in [2.45, 2.75) is 30.8 Å². The van der Waals surface area contributed by atoms with E-state index in [1.54, 1.807) is 24.5 Å². The molecule has 23 heavy (non-hydrogen) atoms. The molecule has 4 rings (SSSR count). The number of ether oxygens (including phenoxy) is 1. The topological polar surface area (TPSA) is 59.5 Å². The average Bonchev–Trinajstić information content (AvgIpc) is 3.10. The third-order valence-corrected chi connectivity index (χ3v) is 6.31. The lowest BCUT2D eigenvalue weighted by molar-refractivity contribution is 0.255. The number of fused-ring (bicyclic) bond motifs is 2. The molecule has 2 aliphatic heterocycles. The monoisotopic (exact) mass is 350 g/mol. The minimum Gasteiger partial charge on any atom is -0.489 e. The van der Waals surface area contributed by atoms with Crippen LogP contribution in [0.4, 0.5) is 5.69 Å². The van der Waals surface area contributed by atoms with Crippen LogP contribution in [0.15, 0.2) is 35.5 Å². The zero-order valence-electron chi connectivity index (χ0n) is 12.5. The van der Waals surface area contributed by atoms with E-state index in [1.807, 2.05) is 6.92 Å². The number of nitrogens with zero attached hydrogens (tertiary/aromatic N) is 2. The highest BCUT2D eigenvalue weighted by Gasteiger charge is 2.33. The molecule has 1 aromatic carbocycles. The minimum absolute atomic E-state index is 0.0130. The van der Waals surface area contributed by atoms with E-state index in [9.17, 15) is 8.42 Å². The van der Waals surface area contributed by atoms with Gasteiger partial charge in [0.25, 0.3) is 10.0 Å². The van der Waals surface area contributed by atoms with E-state index in [4.69, 9.17) is 16.3 Å². The number of hydrogen-bond donors (Lipinski definition) is 0. The molecule has 0 aliphatic carbocycles. The van der Waals surface area contributed by atoms with Crippen LogP contribution in [0.5, 0.6) is 5.75 Å². The van der Waals surface area contributed by atoms with Crippen molar-refractivity contribution in [3.63, 3.8) is 0 Å². The van der Waals surface area contributed by atoms with Gasteiger partial charge in [-0.1, -0.05) is 11.6 Å². The van der Waals surface area contributed by atoms with Crippen LogP contribution in [-0.4, -0.2) is 26.1 Å². The molecule has 0 saturated heterocycles. The number of halogens is 1. The summed E-state index contributed by atoms with van der Waals surface area (Å²) >= 11 is 6.24. The first kappa shape index (κ1) is 14.8. The summed E-state index contributed by atoms with van der Waals surface area (Å²) in [5.74, 6) is 0.601. The summed E-state index contributed by atoms with van der Waals surface area (Å²) in [5.41, 5.74) is 2.49. The average molecular weight is 351 g/mol. The second kappa shape index (κ2) is 5.11. The van der Waals surface area contributed by atoms with Gasteiger partial charge in [-0.3, -0.25) is 9.29 Å². The van der Waals surface area contributed by atoms with Crippen LogP contribution in [0.1, 0.15) is 18.1 Å². The maximum absolute atomic E-state index is 13.0. The lowest BCUT2D eigenvalue weighted by Crippen LogP contribution is -2.29. The van der Waals surface area contributed by atoms with Crippen molar-refractivity contribution < 1.29 is 13.2 Å². The van der Waals surface area contributed by atoms with Gasteiger partial charge < -0.3 is 4.74 Å². The molecular formula is C16H15ClN2O3S. The van der Waals surface area contributed by atoms with Crippen molar-refractivity contribution in [2.75, 3.05) is 10.8 Å². The molecule has 1 unspecified atom stereocenters. The number of anilines is 1. The van der Waals surface area contributed by atoms with E-state index in [0.29, 0.717) is 35.8 Å². The van der Waals surface area contributed by atoms with Crippen LogP contribution in [0, 0.1) is 0 Å². The maximum Gasteiger partial charge on any atom is 0.264 e. The van der Waals surface area contributed by atoms with E-state index in [0.717, 1.165) is 11.1 Å². The van der Waals surface area contributed by atoms with Crippen LogP contribution in [0.2, 0.25) is 5.02 Å². The molecule has 0 fully saturated rings. The van der Waals surface area contributed by atoms with Crippen LogP contribution >= 0.6 is 11.6 Å². The van der Waals surface area contributed by atoms with Gasteiger partial charge in [-0.2, -0.15) is 0 Å². The predicted molar refractivity (Wildman–Crippen MR) is 87.7 cm³/mol. The molecular weight excluding hydrogens is 336 g/mol. The highest BCUT2D eigenvalue weighted by molar-refractivity contribution is 7.92. The largest absolute Gasteiger partial charge is 0.489 e. The van der Waals surface area contributed by atoms with Crippen LogP contribution in [0.3, 0.4) is 0 Å². The summed E-state index contributed by atoms with van der Waals surface area (Å²) in [6, 6.07) is 4.90. The molecule has 5 nitrogen and oxygen atoms in total. The van der Waals surface area contributed by atoms with E-state index in [2.05, 4.69) is 4.98 Å². The van der Waals surface area contributed by atoms with Gasteiger partial charge in [-0.15, -0.1) is 0 Å². The number of hydrogen-bond acceptors (Lipinski definition) is 4. The first-order chi connectivity index (χ1) is 11.0. The molecule has 120 valence electrons. The van der Waals surface area contributed by atoms with Crippen molar-refractivity contribution in [3.05, 3.63) is 46.7 Å². The minimum atomic E-state index is -3.65. The zero-order chi connectivity index (χ0) is 16.2. The van der Waals surface area contributed by atoms with Gasteiger partial charge in [-0.05, 0) is 37.1 Å². The summed E-state index contributed by atoms with van der Waals surface area (Å²) in [6.07, 6.45) is 4.67. The van der Waals surface area contributed by atoms with E-state index in [-0.39, 0.29) is 11.0 Å². The van der Waals surface area contributed by atoms with Gasteiger partial charge in [0.15, 0.2) is 0 Å². The van der Waals surface area contributed by atoms with Crippen molar-refractivity contribution in [3.8, 4) is 5.75 Å². The summed E-state index contributed by atoms with van der Waals surface area (Å²) in [7, 11) is -3.65. The third-order valence-electron chi connectivity index (χ3n) is 4.24. The second-order valence-electron chi connectivity index (χ2n) is 5.86. The van der Waals surface area contributed by atoms with E-state index in [1.165, 1.54) is 10.4 Å².